The lowest BCUT2D eigenvalue weighted by atomic mass is 9.83. The molecule has 1 aliphatic carbocycles. The molecule has 2 rings (SSSR count). The van der Waals surface area contributed by atoms with Crippen molar-refractivity contribution in [3.8, 4) is 0 Å². The molecular formula is C17H32N2O2. The van der Waals surface area contributed by atoms with E-state index in [-0.39, 0.29) is 12.0 Å². The number of carbonyl (C=O) groups is 1. The minimum absolute atomic E-state index is 0.219. The molecule has 3 atom stereocenters. The Labute approximate surface area is 129 Å². The zero-order valence-electron chi connectivity index (χ0n) is 13.9. The van der Waals surface area contributed by atoms with Crippen molar-refractivity contribution >= 4 is 5.97 Å². The van der Waals surface area contributed by atoms with E-state index in [0.29, 0.717) is 0 Å². The monoisotopic (exact) mass is 296 g/mol. The van der Waals surface area contributed by atoms with Gasteiger partial charge in [-0.1, -0.05) is 13.3 Å². The van der Waals surface area contributed by atoms with Gasteiger partial charge in [-0.3, -0.25) is 10.1 Å². The molecule has 21 heavy (non-hydrogen) atoms. The standard InChI is InChI=1S/C17H32N2O2/c1-13(2)18-17(16(20)21)9-4-7-15(17)8-11-19-10-5-6-14(3)12-19/h13-15,18H,4-12H2,1-3H3,(H,20,21). The molecule has 4 nitrogen and oxygen atoms in total. The van der Waals surface area contributed by atoms with Gasteiger partial charge in [0.1, 0.15) is 5.54 Å². The highest BCUT2D eigenvalue weighted by Gasteiger charge is 2.49. The summed E-state index contributed by atoms with van der Waals surface area (Å²) in [6.07, 6.45) is 6.51. The lowest BCUT2D eigenvalue weighted by molar-refractivity contribution is -0.147. The normalized spacial score (nSPS) is 34.5. The van der Waals surface area contributed by atoms with Crippen LogP contribution >= 0.6 is 0 Å². The van der Waals surface area contributed by atoms with E-state index in [2.05, 4.69) is 17.1 Å². The summed E-state index contributed by atoms with van der Waals surface area (Å²) >= 11 is 0. The Morgan fingerprint density at radius 3 is 2.76 bits per heavy atom. The van der Waals surface area contributed by atoms with E-state index in [1.165, 1.54) is 25.9 Å². The van der Waals surface area contributed by atoms with E-state index in [4.69, 9.17) is 0 Å². The summed E-state index contributed by atoms with van der Waals surface area (Å²) in [4.78, 5) is 14.4. The molecule has 1 saturated carbocycles. The number of carboxylic acid groups (broad SMARTS) is 1. The van der Waals surface area contributed by atoms with Crippen LogP contribution in [0.5, 0.6) is 0 Å². The highest BCUT2D eigenvalue weighted by Crippen LogP contribution is 2.39. The number of piperidine rings is 1. The summed E-state index contributed by atoms with van der Waals surface area (Å²) in [5, 5.41) is 13.2. The van der Waals surface area contributed by atoms with E-state index in [0.717, 1.165) is 38.1 Å². The first-order valence-corrected chi connectivity index (χ1v) is 8.67. The number of hydrogen-bond acceptors (Lipinski definition) is 3. The molecular weight excluding hydrogens is 264 g/mol. The van der Waals surface area contributed by atoms with Gasteiger partial charge >= 0.3 is 5.97 Å². The Morgan fingerprint density at radius 1 is 1.38 bits per heavy atom. The summed E-state index contributed by atoms with van der Waals surface area (Å²) in [5.74, 6) is 0.417. The third-order valence-corrected chi connectivity index (χ3v) is 5.28. The number of nitrogens with one attached hydrogen (secondary N) is 1. The van der Waals surface area contributed by atoms with Crippen molar-refractivity contribution < 1.29 is 9.90 Å². The van der Waals surface area contributed by atoms with Crippen LogP contribution in [0, 0.1) is 11.8 Å². The molecule has 1 saturated heterocycles. The van der Waals surface area contributed by atoms with Crippen molar-refractivity contribution in [2.45, 2.75) is 70.9 Å². The fourth-order valence-electron chi connectivity index (χ4n) is 4.35. The largest absolute Gasteiger partial charge is 0.480 e. The summed E-state index contributed by atoms with van der Waals surface area (Å²) in [6.45, 7) is 9.85. The molecule has 2 fully saturated rings. The number of carboxylic acids is 1. The molecule has 0 bridgehead atoms. The van der Waals surface area contributed by atoms with Crippen molar-refractivity contribution in [1.29, 1.82) is 0 Å². The van der Waals surface area contributed by atoms with Crippen molar-refractivity contribution in [2.24, 2.45) is 11.8 Å². The topological polar surface area (TPSA) is 52.6 Å². The summed E-state index contributed by atoms with van der Waals surface area (Å²) in [6, 6.07) is 0.219. The van der Waals surface area contributed by atoms with Gasteiger partial charge in [-0.2, -0.15) is 0 Å². The maximum absolute atomic E-state index is 11.9. The maximum Gasteiger partial charge on any atom is 0.324 e. The molecule has 4 heteroatoms. The Balaban J connectivity index is 1.95. The first-order chi connectivity index (χ1) is 9.94. The highest BCUT2D eigenvalue weighted by molar-refractivity contribution is 5.79. The fourth-order valence-corrected chi connectivity index (χ4v) is 4.35. The van der Waals surface area contributed by atoms with Crippen LogP contribution in [0.25, 0.3) is 0 Å². The van der Waals surface area contributed by atoms with Crippen LogP contribution in [0.3, 0.4) is 0 Å². The molecule has 1 heterocycles. The Kier molecular flexibility index (Phi) is 5.67. The molecule has 2 N–H and O–H groups in total. The van der Waals surface area contributed by atoms with Crippen LogP contribution in [0.15, 0.2) is 0 Å². The Bertz CT molecular complexity index is 359. The zero-order chi connectivity index (χ0) is 15.5. The lowest BCUT2D eigenvalue weighted by Crippen LogP contribution is -2.57. The van der Waals surface area contributed by atoms with Gasteiger partial charge in [-0.15, -0.1) is 0 Å². The summed E-state index contributed by atoms with van der Waals surface area (Å²) in [5.41, 5.74) is -0.685. The van der Waals surface area contributed by atoms with Gasteiger partial charge in [0.2, 0.25) is 0 Å². The second-order valence-electron chi connectivity index (χ2n) is 7.50. The minimum atomic E-state index is -0.685. The van der Waals surface area contributed by atoms with E-state index in [1.807, 2.05) is 13.8 Å². The van der Waals surface area contributed by atoms with Crippen molar-refractivity contribution in [1.82, 2.24) is 10.2 Å². The van der Waals surface area contributed by atoms with Crippen LogP contribution < -0.4 is 5.32 Å². The summed E-state index contributed by atoms with van der Waals surface area (Å²) in [7, 11) is 0. The van der Waals surface area contributed by atoms with Crippen molar-refractivity contribution in [3.05, 3.63) is 0 Å². The van der Waals surface area contributed by atoms with Gasteiger partial charge in [-0.05, 0) is 70.9 Å². The molecule has 0 radical (unpaired) electrons. The van der Waals surface area contributed by atoms with E-state index in [9.17, 15) is 9.90 Å². The van der Waals surface area contributed by atoms with Gasteiger partial charge in [0.25, 0.3) is 0 Å². The predicted octanol–water partition coefficient (Wildman–Crippen LogP) is 2.73. The van der Waals surface area contributed by atoms with Crippen LogP contribution in [-0.2, 0) is 4.79 Å². The zero-order valence-corrected chi connectivity index (χ0v) is 13.9. The van der Waals surface area contributed by atoms with Crippen molar-refractivity contribution in [2.75, 3.05) is 19.6 Å². The number of hydrogen-bond donors (Lipinski definition) is 2. The van der Waals surface area contributed by atoms with Crippen LogP contribution in [0.1, 0.15) is 59.3 Å². The number of aliphatic carboxylic acids is 1. The SMILES string of the molecule is CC1CCCN(CCC2CCCC2(NC(C)C)C(=O)O)C1. The quantitative estimate of drug-likeness (QED) is 0.791. The second-order valence-corrected chi connectivity index (χ2v) is 7.50. The molecule has 1 aliphatic heterocycles. The highest BCUT2D eigenvalue weighted by atomic mass is 16.4. The third kappa shape index (κ3) is 3.98. The predicted molar refractivity (Wildman–Crippen MR) is 85.4 cm³/mol. The lowest BCUT2D eigenvalue weighted by Gasteiger charge is -2.37. The van der Waals surface area contributed by atoms with E-state index >= 15 is 0 Å². The fraction of sp³-hybridized carbons (Fsp3) is 0.941. The Morgan fingerprint density at radius 2 is 2.14 bits per heavy atom. The van der Waals surface area contributed by atoms with Gasteiger partial charge in [0.05, 0.1) is 0 Å². The smallest absolute Gasteiger partial charge is 0.324 e. The van der Waals surface area contributed by atoms with Crippen LogP contribution in [0.2, 0.25) is 0 Å². The first-order valence-electron chi connectivity index (χ1n) is 8.67. The van der Waals surface area contributed by atoms with E-state index < -0.39 is 11.5 Å². The minimum Gasteiger partial charge on any atom is -0.480 e. The number of likely N-dealkylation sites (tertiary alicyclic amines) is 1. The van der Waals surface area contributed by atoms with E-state index in [1.54, 1.807) is 0 Å². The average Bonchev–Trinajstić information content (AvgIpc) is 2.80. The van der Waals surface area contributed by atoms with Gasteiger partial charge in [-0.25, -0.2) is 0 Å². The van der Waals surface area contributed by atoms with Crippen LogP contribution in [0.4, 0.5) is 0 Å². The molecule has 0 aromatic heterocycles. The molecule has 122 valence electrons. The van der Waals surface area contributed by atoms with Gasteiger partial charge in [0.15, 0.2) is 0 Å². The molecule has 2 aliphatic rings. The molecule has 0 amide bonds. The average molecular weight is 296 g/mol. The third-order valence-electron chi connectivity index (χ3n) is 5.28. The van der Waals surface area contributed by atoms with Gasteiger partial charge < -0.3 is 10.0 Å². The first kappa shape index (κ1) is 16.8. The number of nitrogens with zero attached hydrogens (tertiary/aromatic N) is 1. The molecule has 0 aromatic carbocycles. The Hall–Kier alpha value is -0.610. The second kappa shape index (κ2) is 7.10. The number of rotatable bonds is 6. The molecule has 0 spiro atoms. The van der Waals surface area contributed by atoms with Gasteiger partial charge in [0, 0.05) is 12.6 Å². The summed E-state index contributed by atoms with van der Waals surface area (Å²) < 4.78 is 0. The molecule has 0 aromatic rings. The maximum atomic E-state index is 11.9. The molecule has 3 unspecified atom stereocenters. The van der Waals surface area contributed by atoms with Crippen molar-refractivity contribution in [3.63, 3.8) is 0 Å². The van der Waals surface area contributed by atoms with Crippen LogP contribution in [-0.4, -0.2) is 47.2 Å².